The molecule has 2 aromatic rings. The van der Waals surface area contributed by atoms with Crippen LogP contribution in [0.1, 0.15) is 26.3 Å². The third kappa shape index (κ3) is 4.79. The lowest BCUT2D eigenvalue weighted by atomic mass is 10.1. The van der Waals surface area contributed by atoms with Gasteiger partial charge in [0.15, 0.2) is 11.6 Å². The second-order valence-corrected chi connectivity index (χ2v) is 5.78. The van der Waals surface area contributed by atoms with Crippen LogP contribution in [0, 0.1) is 11.6 Å². The number of ether oxygens (including phenoxy) is 1. The lowest BCUT2D eigenvalue weighted by Gasteiger charge is -2.20. The minimum absolute atomic E-state index is 0.0149. The van der Waals surface area contributed by atoms with Crippen molar-refractivity contribution >= 4 is 0 Å². The van der Waals surface area contributed by atoms with E-state index >= 15 is 0 Å². The molecule has 2 rings (SSSR count). The Morgan fingerprint density at radius 1 is 1.14 bits per heavy atom. The molecular weight excluding hydrogens is 274 g/mol. The molecule has 0 aliphatic rings. The first kappa shape index (κ1) is 15.4. The summed E-state index contributed by atoms with van der Waals surface area (Å²) in [5.41, 5.74) is 0.936. The molecule has 112 valence electrons. The second kappa shape index (κ2) is 6.18. The molecule has 5 heteroatoms. The summed E-state index contributed by atoms with van der Waals surface area (Å²) < 4.78 is 31.9. The summed E-state index contributed by atoms with van der Waals surface area (Å²) in [6.45, 7) is 6.82. The number of halogens is 2. The Labute approximate surface area is 123 Å². The highest BCUT2D eigenvalue weighted by Crippen LogP contribution is 2.24. The molecular formula is C16H18F2N2O. The van der Waals surface area contributed by atoms with Gasteiger partial charge in [-0.05, 0) is 44.5 Å². The van der Waals surface area contributed by atoms with E-state index in [-0.39, 0.29) is 17.2 Å². The molecule has 0 amide bonds. The Bertz CT molecular complexity index is 624. The topological polar surface area (TPSA) is 34.2 Å². The molecule has 0 atom stereocenters. The molecule has 1 heterocycles. The quantitative estimate of drug-likeness (QED) is 0.923. The van der Waals surface area contributed by atoms with E-state index in [2.05, 4.69) is 31.1 Å². The van der Waals surface area contributed by atoms with Gasteiger partial charge >= 0.3 is 0 Å². The van der Waals surface area contributed by atoms with Crippen molar-refractivity contribution in [2.24, 2.45) is 0 Å². The first-order valence-corrected chi connectivity index (χ1v) is 6.66. The third-order valence-electron chi connectivity index (χ3n) is 2.73. The van der Waals surface area contributed by atoms with Crippen molar-refractivity contribution in [3.05, 3.63) is 53.7 Å². The molecule has 1 aromatic heterocycles. The van der Waals surface area contributed by atoms with Gasteiger partial charge in [0, 0.05) is 30.4 Å². The highest BCUT2D eigenvalue weighted by atomic mass is 19.1. The van der Waals surface area contributed by atoms with Gasteiger partial charge in [-0.1, -0.05) is 0 Å². The van der Waals surface area contributed by atoms with Crippen LogP contribution in [-0.2, 0) is 6.54 Å². The molecule has 0 saturated heterocycles. The number of nitrogens with zero attached hydrogens (tertiary/aromatic N) is 1. The lowest BCUT2D eigenvalue weighted by molar-refractivity contribution is 0.414. The van der Waals surface area contributed by atoms with E-state index in [0.29, 0.717) is 6.54 Å². The van der Waals surface area contributed by atoms with E-state index in [1.165, 1.54) is 0 Å². The van der Waals surface area contributed by atoms with Crippen LogP contribution in [-0.4, -0.2) is 10.5 Å². The summed E-state index contributed by atoms with van der Waals surface area (Å²) in [7, 11) is 0. The zero-order valence-electron chi connectivity index (χ0n) is 12.3. The van der Waals surface area contributed by atoms with Gasteiger partial charge < -0.3 is 10.1 Å². The van der Waals surface area contributed by atoms with Crippen LogP contribution in [0.25, 0.3) is 0 Å². The molecule has 0 fully saturated rings. The zero-order chi connectivity index (χ0) is 15.5. The smallest absolute Gasteiger partial charge is 0.219 e. The van der Waals surface area contributed by atoms with Crippen molar-refractivity contribution in [1.82, 2.24) is 10.3 Å². The first-order chi connectivity index (χ1) is 9.83. The van der Waals surface area contributed by atoms with Crippen LogP contribution in [0.15, 0.2) is 36.5 Å². The van der Waals surface area contributed by atoms with Gasteiger partial charge in [-0.15, -0.1) is 0 Å². The average Bonchev–Trinajstić information content (AvgIpc) is 2.40. The van der Waals surface area contributed by atoms with Crippen molar-refractivity contribution in [1.29, 1.82) is 0 Å². The van der Waals surface area contributed by atoms with Crippen molar-refractivity contribution in [2.45, 2.75) is 32.9 Å². The fourth-order valence-corrected chi connectivity index (χ4v) is 1.65. The van der Waals surface area contributed by atoms with Crippen LogP contribution >= 0.6 is 0 Å². The number of hydrogen-bond donors (Lipinski definition) is 1. The highest BCUT2D eigenvalue weighted by Gasteiger charge is 2.10. The normalized spacial score (nSPS) is 11.5. The van der Waals surface area contributed by atoms with Gasteiger partial charge in [-0.2, -0.15) is 0 Å². The number of rotatable bonds is 4. The van der Waals surface area contributed by atoms with E-state index in [0.717, 1.165) is 23.8 Å². The lowest BCUT2D eigenvalue weighted by Crippen LogP contribution is -2.35. The zero-order valence-corrected chi connectivity index (χ0v) is 12.3. The predicted octanol–water partition coefficient (Wildman–Crippen LogP) is 4.04. The molecule has 0 radical (unpaired) electrons. The minimum Gasteiger partial charge on any atom is -0.436 e. The summed E-state index contributed by atoms with van der Waals surface area (Å²) >= 11 is 0. The maximum atomic E-state index is 13.5. The van der Waals surface area contributed by atoms with Crippen molar-refractivity contribution in [2.75, 3.05) is 0 Å². The minimum atomic E-state index is -0.628. The Hall–Kier alpha value is -2.01. The first-order valence-electron chi connectivity index (χ1n) is 6.66. The van der Waals surface area contributed by atoms with E-state index in [1.54, 1.807) is 12.3 Å². The van der Waals surface area contributed by atoms with E-state index in [1.807, 2.05) is 6.07 Å². The van der Waals surface area contributed by atoms with Gasteiger partial charge in [0.25, 0.3) is 0 Å². The third-order valence-corrected chi connectivity index (χ3v) is 2.73. The van der Waals surface area contributed by atoms with E-state index < -0.39 is 11.6 Å². The van der Waals surface area contributed by atoms with Crippen LogP contribution < -0.4 is 10.1 Å². The molecule has 21 heavy (non-hydrogen) atoms. The summed E-state index contributed by atoms with van der Waals surface area (Å²) in [5, 5.41) is 3.33. The summed E-state index contributed by atoms with van der Waals surface area (Å²) in [4.78, 5) is 4.01. The molecule has 0 spiro atoms. The number of pyridine rings is 1. The average molecular weight is 292 g/mol. The number of nitrogens with one attached hydrogen (secondary N) is 1. The second-order valence-electron chi connectivity index (χ2n) is 5.78. The van der Waals surface area contributed by atoms with Crippen LogP contribution in [0.3, 0.4) is 0 Å². The molecule has 0 bridgehead atoms. The summed E-state index contributed by atoms with van der Waals surface area (Å²) in [5.74, 6) is -1.13. The van der Waals surface area contributed by atoms with E-state index in [9.17, 15) is 8.78 Å². The maximum absolute atomic E-state index is 13.5. The van der Waals surface area contributed by atoms with E-state index in [4.69, 9.17) is 4.74 Å². The monoisotopic (exact) mass is 292 g/mol. The van der Waals surface area contributed by atoms with Gasteiger partial charge in [0.1, 0.15) is 5.82 Å². The van der Waals surface area contributed by atoms with Crippen molar-refractivity contribution in [3.8, 4) is 11.6 Å². The Morgan fingerprint density at radius 3 is 2.62 bits per heavy atom. The fraction of sp³-hybridized carbons (Fsp3) is 0.312. The van der Waals surface area contributed by atoms with Gasteiger partial charge in [-0.3, -0.25) is 0 Å². The van der Waals surface area contributed by atoms with Gasteiger partial charge in [0.05, 0.1) is 0 Å². The number of aromatic nitrogens is 1. The molecule has 1 aromatic carbocycles. The van der Waals surface area contributed by atoms with Crippen molar-refractivity contribution in [3.63, 3.8) is 0 Å². The molecule has 1 N–H and O–H groups in total. The number of hydrogen-bond acceptors (Lipinski definition) is 3. The molecule has 0 aliphatic heterocycles. The summed E-state index contributed by atoms with van der Waals surface area (Å²) in [6.07, 6.45) is 1.58. The Morgan fingerprint density at radius 2 is 1.90 bits per heavy atom. The highest BCUT2D eigenvalue weighted by molar-refractivity contribution is 5.30. The van der Waals surface area contributed by atoms with Crippen LogP contribution in [0.5, 0.6) is 11.6 Å². The van der Waals surface area contributed by atoms with Gasteiger partial charge in [0.2, 0.25) is 5.88 Å². The Kier molecular flexibility index (Phi) is 4.53. The molecule has 0 unspecified atom stereocenters. The summed E-state index contributed by atoms with van der Waals surface area (Å²) in [6, 6.07) is 6.60. The Balaban J connectivity index is 2.12. The van der Waals surface area contributed by atoms with Crippen molar-refractivity contribution < 1.29 is 13.5 Å². The maximum Gasteiger partial charge on any atom is 0.219 e. The largest absolute Gasteiger partial charge is 0.436 e. The SMILES string of the molecule is CC(C)(C)NCc1ccnc(Oc2cc(F)ccc2F)c1. The molecule has 0 aliphatic carbocycles. The molecule has 3 nitrogen and oxygen atoms in total. The van der Waals surface area contributed by atoms with Gasteiger partial charge in [-0.25, -0.2) is 13.8 Å². The van der Waals surface area contributed by atoms with Crippen LogP contribution in [0.2, 0.25) is 0 Å². The van der Waals surface area contributed by atoms with Crippen LogP contribution in [0.4, 0.5) is 8.78 Å². The number of benzene rings is 1. The standard InChI is InChI=1S/C16H18F2N2O/c1-16(2,3)20-10-11-6-7-19-15(8-11)21-14-9-12(17)4-5-13(14)18/h4-9,20H,10H2,1-3H3. The fourth-order valence-electron chi connectivity index (χ4n) is 1.65. The predicted molar refractivity (Wildman–Crippen MR) is 77.3 cm³/mol. The molecule has 0 saturated carbocycles.